The van der Waals surface area contributed by atoms with E-state index in [-0.39, 0.29) is 28.8 Å². The SMILES string of the molecule is Cc1ccccc1C(=O)NNC(=O)c1cnn2c(C3CCN(C(=O)OC(C)(C)C)CC3)cc(=O)[nH]c12. The van der Waals surface area contributed by atoms with Crippen LogP contribution in [-0.2, 0) is 4.74 Å². The van der Waals surface area contributed by atoms with Gasteiger partial charge in [-0.1, -0.05) is 18.2 Å². The summed E-state index contributed by atoms with van der Waals surface area (Å²) in [6.07, 6.45) is 2.22. The number of nitrogens with one attached hydrogen (secondary N) is 3. The number of hydrogen-bond donors (Lipinski definition) is 3. The predicted octanol–water partition coefficient (Wildman–Crippen LogP) is 2.52. The summed E-state index contributed by atoms with van der Waals surface area (Å²) in [6.45, 7) is 8.23. The highest BCUT2D eigenvalue weighted by Crippen LogP contribution is 2.28. The number of piperidine rings is 1. The van der Waals surface area contributed by atoms with Crippen LogP contribution in [0.4, 0.5) is 4.79 Å². The third kappa shape index (κ3) is 5.40. The van der Waals surface area contributed by atoms with Crippen LogP contribution in [0.5, 0.6) is 0 Å². The zero-order chi connectivity index (χ0) is 26.0. The maximum Gasteiger partial charge on any atom is 0.410 e. The summed E-state index contributed by atoms with van der Waals surface area (Å²) in [5.74, 6) is -1.10. The summed E-state index contributed by atoms with van der Waals surface area (Å²) >= 11 is 0. The van der Waals surface area contributed by atoms with Gasteiger partial charge in [-0.15, -0.1) is 0 Å². The predicted molar refractivity (Wildman–Crippen MR) is 132 cm³/mol. The van der Waals surface area contributed by atoms with E-state index in [1.54, 1.807) is 30.0 Å². The molecule has 36 heavy (non-hydrogen) atoms. The first-order chi connectivity index (χ1) is 17.0. The normalized spacial score (nSPS) is 14.5. The summed E-state index contributed by atoms with van der Waals surface area (Å²) in [6, 6.07) is 8.48. The fourth-order valence-electron chi connectivity index (χ4n) is 4.23. The van der Waals surface area contributed by atoms with E-state index in [1.165, 1.54) is 16.8 Å². The van der Waals surface area contributed by atoms with E-state index in [0.717, 1.165) is 5.56 Å². The maximum atomic E-state index is 12.8. The third-order valence-corrected chi connectivity index (χ3v) is 6.02. The van der Waals surface area contributed by atoms with Crippen LogP contribution in [0.25, 0.3) is 5.65 Å². The van der Waals surface area contributed by atoms with Crippen LogP contribution in [0.2, 0.25) is 0 Å². The van der Waals surface area contributed by atoms with E-state index in [0.29, 0.717) is 37.2 Å². The minimum absolute atomic E-state index is 0.0370. The Morgan fingerprint density at radius 2 is 1.69 bits per heavy atom. The van der Waals surface area contributed by atoms with E-state index < -0.39 is 17.4 Å². The monoisotopic (exact) mass is 494 g/mol. The summed E-state index contributed by atoms with van der Waals surface area (Å²) in [5.41, 5.74) is 6.05. The Balaban J connectivity index is 1.48. The van der Waals surface area contributed by atoms with Crippen molar-refractivity contribution in [1.82, 2.24) is 30.3 Å². The molecule has 0 aliphatic carbocycles. The molecule has 3 heterocycles. The average molecular weight is 495 g/mol. The van der Waals surface area contributed by atoms with Gasteiger partial charge in [-0.05, 0) is 52.2 Å². The lowest BCUT2D eigenvalue weighted by Crippen LogP contribution is -2.42. The van der Waals surface area contributed by atoms with Crippen molar-refractivity contribution in [2.45, 2.75) is 52.1 Å². The van der Waals surface area contributed by atoms with E-state index >= 15 is 0 Å². The van der Waals surface area contributed by atoms with Gasteiger partial charge in [0.1, 0.15) is 16.8 Å². The minimum Gasteiger partial charge on any atom is -0.444 e. The topological polar surface area (TPSA) is 138 Å². The number of benzene rings is 1. The van der Waals surface area contributed by atoms with Crippen molar-refractivity contribution in [3.8, 4) is 0 Å². The van der Waals surface area contributed by atoms with E-state index in [9.17, 15) is 19.2 Å². The molecule has 1 aliphatic rings. The molecule has 0 saturated carbocycles. The Morgan fingerprint density at radius 3 is 2.33 bits per heavy atom. The molecule has 3 N–H and O–H groups in total. The van der Waals surface area contributed by atoms with Crippen molar-refractivity contribution < 1.29 is 19.1 Å². The average Bonchev–Trinajstić information content (AvgIpc) is 3.25. The van der Waals surface area contributed by atoms with Crippen LogP contribution in [0, 0.1) is 6.92 Å². The van der Waals surface area contributed by atoms with Crippen LogP contribution in [0.3, 0.4) is 0 Å². The molecule has 2 aromatic heterocycles. The van der Waals surface area contributed by atoms with Gasteiger partial charge in [-0.2, -0.15) is 5.10 Å². The van der Waals surface area contributed by atoms with Gasteiger partial charge in [0.15, 0.2) is 0 Å². The first-order valence-corrected chi connectivity index (χ1v) is 11.8. The van der Waals surface area contributed by atoms with Gasteiger partial charge in [0.2, 0.25) is 0 Å². The second-order valence-corrected chi connectivity index (χ2v) is 9.84. The number of fused-ring (bicyclic) bond motifs is 1. The summed E-state index contributed by atoms with van der Waals surface area (Å²) in [4.78, 5) is 54.4. The fraction of sp³-hybridized carbons (Fsp3) is 0.400. The van der Waals surface area contributed by atoms with Gasteiger partial charge in [-0.25, -0.2) is 9.31 Å². The van der Waals surface area contributed by atoms with E-state index in [1.807, 2.05) is 26.8 Å². The first kappa shape index (κ1) is 25.0. The van der Waals surface area contributed by atoms with Crippen molar-refractivity contribution in [1.29, 1.82) is 0 Å². The van der Waals surface area contributed by atoms with Gasteiger partial charge < -0.3 is 14.6 Å². The Labute approximate surface area is 207 Å². The van der Waals surface area contributed by atoms with Crippen LogP contribution in [-0.4, -0.2) is 56.1 Å². The van der Waals surface area contributed by atoms with Gasteiger partial charge in [0, 0.05) is 30.6 Å². The molecule has 0 radical (unpaired) electrons. The number of hydrogen-bond acceptors (Lipinski definition) is 6. The zero-order valence-electron chi connectivity index (χ0n) is 20.8. The maximum absolute atomic E-state index is 12.8. The standard InChI is InChI=1S/C25H30N6O5/c1-15-7-5-6-8-17(15)22(33)28-29-23(34)18-14-26-31-19(13-20(32)27-21(18)31)16-9-11-30(12-10-16)24(35)36-25(2,3)4/h5-8,13-14,16H,9-12H2,1-4H3,(H,27,32)(H,28,33)(H,29,34). The highest BCUT2D eigenvalue weighted by molar-refractivity contribution is 6.02. The van der Waals surface area contributed by atoms with E-state index in [4.69, 9.17) is 4.74 Å². The smallest absolute Gasteiger partial charge is 0.410 e. The highest BCUT2D eigenvalue weighted by atomic mass is 16.6. The molecule has 0 atom stereocenters. The molecule has 1 aromatic carbocycles. The molecule has 3 amide bonds. The fourth-order valence-corrected chi connectivity index (χ4v) is 4.23. The quantitative estimate of drug-likeness (QED) is 0.479. The van der Waals surface area contributed by atoms with Gasteiger partial charge in [0.25, 0.3) is 17.4 Å². The van der Waals surface area contributed by atoms with Crippen molar-refractivity contribution in [3.05, 3.63) is 69.3 Å². The molecule has 0 bridgehead atoms. The summed E-state index contributed by atoms with van der Waals surface area (Å²) < 4.78 is 6.99. The molecule has 1 aliphatic heterocycles. The van der Waals surface area contributed by atoms with Crippen LogP contribution in [0.15, 0.2) is 41.3 Å². The number of rotatable bonds is 3. The molecule has 1 fully saturated rings. The number of carbonyl (C=O) groups excluding carboxylic acids is 3. The molecule has 190 valence electrons. The third-order valence-electron chi connectivity index (χ3n) is 6.02. The molecular formula is C25H30N6O5. The number of amides is 3. The highest BCUT2D eigenvalue weighted by Gasteiger charge is 2.29. The minimum atomic E-state index is -0.612. The van der Waals surface area contributed by atoms with Crippen molar-refractivity contribution >= 4 is 23.6 Å². The number of likely N-dealkylation sites (tertiary alicyclic amines) is 1. The Bertz CT molecular complexity index is 1360. The Morgan fingerprint density at radius 1 is 1.06 bits per heavy atom. The first-order valence-electron chi connectivity index (χ1n) is 11.8. The molecule has 11 nitrogen and oxygen atoms in total. The zero-order valence-corrected chi connectivity index (χ0v) is 20.8. The van der Waals surface area contributed by atoms with Crippen molar-refractivity contribution in [2.75, 3.05) is 13.1 Å². The number of ether oxygens (including phenoxy) is 1. The lowest BCUT2D eigenvalue weighted by atomic mass is 9.93. The molecule has 0 spiro atoms. The molecule has 4 rings (SSSR count). The number of nitrogens with zero attached hydrogens (tertiary/aromatic N) is 3. The molecular weight excluding hydrogens is 464 g/mol. The number of hydrazine groups is 1. The number of aryl methyl sites for hydroxylation is 1. The van der Waals surface area contributed by atoms with E-state index in [2.05, 4.69) is 20.9 Å². The summed E-state index contributed by atoms with van der Waals surface area (Å²) in [7, 11) is 0. The molecule has 0 unspecified atom stereocenters. The Kier molecular flexibility index (Phi) is 6.82. The van der Waals surface area contributed by atoms with Crippen molar-refractivity contribution in [3.63, 3.8) is 0 Å². The largest absolute Gasteiger partial charge is 0.444 e. The van der Waals surface area contributed by atoms with Crippen molar-refractivity contribution in [2.24, 2.45) is 0 Å². The van der Waals surface area contributed by atoms with Crippen LogP contribution in [0.1, 0.15) is 71.5 Å². The molecule has 3 aromatic rings. The number of H-pyrrole nitrogens is 1. The second kappa shape index (κ2) is 9.84. The number of aromatic amines is 1. The van der Waals surface area contributed by atoms with Gasteiger partial charge in [-0.3, -0.25) is 25.2 Å². The number of carbonyl (C=O) groups is 3. The lowest BCUT2D eigenvalue weighted by Gasteiger charge is -2.33. The molecule has 1 saturated heterocycles. The lowest BCUT2D eigenvalue weighted by molar-refractivity contribution is 0.0203. The number of aromatic nitrogens is 3. The molecule has 11 heteroatoms. The van der Waals surface area contributed by atoms with Gasteiger partial charge in [0.05, 0.1) is 11.9 Å². The summed E-state index contributed by atoms with van der Waals surface area (Å²) in [5, 5.41) is 4.33. The van der Waals surface area contributed by atoms with Crippen LogP contribution < -0.4 is 16.4 Å². The Hall–Kier alpha value is -4.15. The van der Waals surface area contributed by atoms with Gasteiger partial charge >= 0.3 is 6.09 Å². The second-order valence-electron chi connectivity index (χ2n) is 9.84. The van der Waals surface area contributed by atoms with Crippen LogP contribution >= 0.6 is 0 Å².